The van der Waals surface area contributed by atoms with Crippen LogP contribution in [-0.4, -0.2) is 58.6 Å². The number of allylic oxidation sites excluding steroid dienone is 1. The SMILES string of the molecule is CC(=O)N1CCN(C[C@@H]2C=C(C)[C@H](Cc3nnc(-c4ccccc4)o3)C[C@H]2C(C)C)CC1. The molecule has 0 bridgehead atoms. The lowest BCUT2D eigenvalue weighted by Gasteiger charge is -2.41. The minimum atomic E-state index is 0.192. The third kappa shape index (κ3) is 5.29. The van der Waals surface area contributed by atoms with E-state index in [4.69, 9.17) is 4.42 Å². The Bertz CT molecular complexity index is 928. The summed E-state index contributed by atoms with van der Waals surface area (Å²) in [7, 11) is 0. The average Bonchev–Trinajstić information content (AvgIpc) is 3.25. The summed E-state index contributed by atoms with van der Waals surface area (Å²) in [4.78, 5) is 16.1. The van der Waals surface area contributed by atoms with E-state index in [1.165, 1.54) is 5.57 Å². The molecule has 1 aliphatic heterocycles. The number of piperazine rings is 1. The number of rotatable bonds is 6. The van der Waals surface area contributed by atoms with Gasteiger partial charge in [0, 0.05) is 51.6 Å². The molecule has 1 saturated heterocycles. The number of hydrogen-bond acceptors (Lipinski definition) is 5. The maximum Gasteiger partial charge on any atom is 0.247 e. The van der Waals surface area contributed by atoms with E-state index in [0.717, 1.165) is 57.0 Å². The first kappa shape index (κ1) is 22.7. The van der Waals surface area contributed by atoms with E-state index in [-0.39, 0.29) is 5.91 Å². The Morgan fingerprint density at radius 1 is 1.12 bits per heavy atom. The molecule has 6 heteroatoms. The number of benzene rings is 1. The first-order valence-corrected chi connectivity index (χ1v) is 11.9. The van der Waals surface area contributed by atoms with Crippen LogP contribution in [0, 0.1) is 23.7 Å². The fraction of sp³-hybridized carbons (Fsp3) is 0.577. The molecule has 32 heavy (non-hydrogen) atoms. The van der Waals surface area contributed by atoms with Crippen molar-refractivity contribution < 1.29 is 9.21 Å². The second-order valence-corrected chi connectivity index (χ2v) is 9.79. The normalized spacial score (nSPS) is 24.6. The predicted molar refractivity (Wildman–Crippen MR) is 126 cm³/mol. The highest BCUT2D eigenvalue weighted by molar-refractivity contribution is 5.73. The maximum absolute atomic E-state index is 11.6. The highest BCUT2D eigenvalue weighted by atomic mass is 16.4. The van der Waals surface area contributed by atoms with Crippen LogP contribution in [0.3, 0.4) is 0 Å². The van der Waals surface area contributed by atoms with Crippen molar-refractivity contribution >= 4 is 5.91 Å². The van der Waals surface area contributed by atoms with Crippen molar-refractivity contribution in [3.63, 3.8) is 0 Å². The largest absolute Gasteiger partial charge is 0.421 e. The summed E-state index contributed by atoms with van der Waals surface area (Å²) in [6.07, 6.45) is 4.46. The van der Waals surface area contributed by atoms with Crippen molar-refractivity contribution in [3.8, 4) is 11.5 Å². The van der Waals surface area contributed by atoms with E-state index in [2.05, 4.69) is 41.9 Å². The second-order valence-electron chi connectivity index (χ2n) is 9.79. The van der Waals surface area contributed by atoms with Crippen LogP contribution in [-0.2, 0) is 11.2 Å². The number of amides is 1. The van der Waals surface area contributed by atoms with Gasteiger partial charge in [0.25, 0.3) is 0 Å². The van der Waals surface area contributed by atoms with Gasteiger partial charge >= 0.3 is 0 Å². The standard InChI is InChI=1S/C26H36N4O2/c1-18(2)24-15-22(16-25-27-28-26(32-25)21-8-6-5-7-9-21)19(3)14-23(24)17-29-10-12-30(13-11-29)20(4)31/h5-9,14,18,22-24H,10-13,15-17H2,1-4H3/t22-,23-,24-/m0/s1. The molecule has 3 atom stereocenters. The van der Waals surface area contributed by atoms with Gasteiger partial charge in [-0.15, -0.1) is 10.2 Å². The Morgan fingerprint density at radius 2 is 1.84 bits per heavy atom. The highest BCUT2D eigenvalue weighted by Gasteiger charge is 2.34. The van der Waals surface area contributed by atoms with Crippen LogP contribution in [0.2, 0.25) is 0 Å². The van der Waals surface area contributed by atoms with E-state index in [1.807, 2.05) is 35.2 Å². The van der Waals surface area contributed by atoms with E-state index in [9.17, 15) is 4.79 Å². The summed E-state index contributed by atoms with van der Waals surface area (Å²) < 4.78 is 6.00. The fourth-order valence-corrected chi connectivity index (χ4v) is 5.27. The van der Waals surface area contributed by atoms with Gasteiger partial charge in [-0.25, -0.2) is 0 Å². The zero-order valence-corrected chi connectivity index (χ0v) is 19.8. The molecule has 0 unspecified atom stereocenters. The molecule has 2 aromatic rings. The molecule has 1 amide bonds. The molecular weight excluding hydrogens is 400 g/mol. The molecule has 1 aromatic heterocycles. The maximum atomic E-state index is 11.6. The van der Waals surface area contributed by atoms with Gasteiger partial charge < -0.3 is 9.32 Å². The topological polar surface area (TPSA) is 62.5 Å². The van der Waals surface area contributed by atoms with Crippen molar-refractivity contribution in [2.24, 2.45) is 23.7 Å². The van der Waals surface area contributed by atoms with Gasteiger partial charge in [-0.2, -0.15) is 0 Å². The first-order valence-electron chi connectivity index (χ1n) is 11.9. The molecule has 1 aliphatic carbocycles. The van der Waals surface area contributed by atoms with Crippen molar-refractivity contribution in [1.29, 1.82) is 0 Å². The minimum absolute atomic E-state index is 0.192. The Morgan fingerprint density at radius 3 is 2.50 bits per heavy atom. The molecule has 2 aliphatic rings. The fourth-order valence-electron chi connectivity index (χ4n) is 5.27. The molecule has 6 nitrogen and oxygen atoms in total. The molecule has 2 heterocycles. The number of hydrogen-bond donors (Lipinski definition) is 0. The zero-order chi connectivity index (χ0) is 22.7. The smallest absolute Gasteiger partial charge is 0.247 e. The van der Waals surface area contributed by atoms with Crippen LogP contribution in [0.5, 0.6) is 0 Å². The second kappa shape index (κ2) is 9.99. The number of carbonyl (C=O) groups excluding carboxylic acids is 1. The molecule has 1 fully saturated rings. The molecule has 0 N–H and O–H groups in total. The van der Waals surface area contributed by atoms with Gasteiger partial charge in [-0.05, 0) is 49.1 Å². The summed E-state index contributed by atoms with van der Waals surface area (Å²) in [5.74, 6) is 3.76. The van der Waals surface area contributed by atoms with E-state index in [1.54, 1.807) is 6.92 Å². The number of aromatic nitrogens is 2. The molecule has 4 rings (SSSR count). The average molecular weight is 437 g/mol. The third-order valence-electron chi connectivity index (χ3n) is 7.28. The van der Waals surface area contributed by atoms with Crippen molar-refractivity contribution in [3.05, 3.63) is 47.9 Å². The van der Waals surface area contributed by atoms with Crippen LogP contribution in [0.15, 0.2) is 46.4 Å². The van der Waals surface area contributed by atoms with Crippen LogP contribution < -0.4 is 0 Å². The van der Waals surface area contributed by atoms with Crippen molar-refractivity contribution in [2.75, 3.05) is 32.7 Å². The van der Waals surface area contributed by atoms with Crippen LogP contribution in [0.4, 0.5) is 0 Å². The number of carbonyl (C=O) groups is 1. The van der Waals surface area contributed by atoms with Crippen molar-refractivity contribution in [1.82, 2.24) is 20.0 Å². The van der Waals surface area contributed by atoms with Gasteiger partial charge in [0.1, 0.15) is 0 Å². The van der Waals surface area contributed by atoms with Gasteiger partial charge in [0.05, 0.1) is 0 Å². The monoisotopic (exact) mass is 436 g/mol. The lowest BCUT2D eigenvalue weighted by molar-refractivity contribution is -0.130. The first-order chi connectivity index (χ1) is 15.4. The molecule has 0 saturated carbocycles. The molecule has 0 radical (unpaired) electrons. The molecule has 172 valence electrons. The van der Waals surface area contributed by atoms with E-state index < -0.39 is 0 Å². The molecule has 0 spiro atoms. The quantitative estimate of drug-likeness (QED) is 0.632. The van der Waals surface area contributed by atoms with E-state index >= 15 is 0 Å². The van der Waals surface area contributed by atoms with Crippen LogP contribution in [0.1, 0.15) is 40.0 Å². The summed E-state index contributed by atoms with van der Waals surface area (Å²) in [6, 6.07) is 9.96. The highest BCUT2D eigenvalue weighted by Crippen LogP contribution is 2.39. The predicted octanol–water partition coefficient (Wildman–Crippen LogP) is 4.30. The zero-order valence-electron chi connectivity index (χ0n) is 19.8. The number of nitrogens with zero attached hydrogens (tertiary/aromatic N) is 4. The lowest BCUT2D eigenvalue weighted by atomic mass is 9.69. The Kier molecular flexibility index (Phi) is 7.09. The van der Waals surface area contributed by atoms with Gasteiger partial charge in [0.15, 0.2) is 0 Å². The minimum Gasteiger partial charge on any atom is -0.421 e. The molecular formula is C26H36N4O2. The third-order valence-corrected chi connectivity index (χ3v) is 7.28. The van der Waals surface area contributed by atoms with Crippen LogP contribution >= 0.6 is 0 Å². The van der Waals surface area contributed by atoms with Gasteiger partial charge in [-0.1, -0.05) is 43.7 Å². The van der Waals surface area contributed by atoms with Crippen molar-refractivity contribution in [2.45, 2.75) is 40.5 Å². The summed E-state index contributed by atoms with van der Waals surface area (Å²) in [6.45, 7) is 13.3. The summed E-state index contributed by atoms with van der Waals surface area (Å²) in [5, 5.41) is 8.61. The molecule has 1 aromatic carbocycles. The summed E-state index contributed by atoms with van der Waals surface area (Å²) in [5.41, 5.74) is 2.40. The Labute approximate surface area is 191 Å². The summed E-state index contributed by atoms with van der Waals surface area (Å²) >= 11 is 0. The Hall–Kier alpha value is -2.47. The Balaban J connectivity index is 1.41. The van der Waals surface area contributed by atoms with Gasteiger partial charge in [0.2, 0.25) is 17.7 Å². The van der Waals surface area contributed by atoms with Crippen LogP contribution in [0.25, 0.3) is 11.5 Å². The lowest BCUT2D eigenvalue weighted by Crippen LogP contribution is -2.50. The van der Waals surface area contributed by atoms with E-state index in [0.29, 0.717) is 29.6 Å². The van der Waals surface area contributed by atoms with Gasteiger partial charge in [-0.3, -0.25) is 9.69 Å².